The van der Waals surface area contributed by atoms with Gasteiger partial charge >= 0.3 is 11.9 Å². The van der Waals surface area contributed by atoms with Crippen molar-refractivity contribution in [2.75, 3.05) is 0 Å². The number of rotatable bonds is 3. The molecule has 6 nitrogen and oxygen atoms in total. The molecule has 1 heterocycles. The lowest BCUT2D eigenvalue weighted by Gasteiger charge is -2.05. The van der Waals surface area contributed by atoms with Crippen LogP contribution in [0.1, 0.15) is 20.8 Å². The van der Waals surface area contributed by atoms with E-state index in [2.05, 4.69) is 5.10 Å². The second-order valence-corrected chi connectivity index (χ2v) is 3.97. The zero-order valence-electron chi connectivity index (χ0n) is 10.1. The lowest BCUT2D eigenvalue weighted by atomic mass is 10.1. The van der Waals surface area contributed by atoms with Gasteiger partial charge < -0.3 is 10.2 Å². The van der Waals surface area contributed by atoms with Crippen molar-refractivity contribution < 1.29 is 28.6 Å². The Labute approximate surface area is 110 Å². The molecule has 0 radical (unpaired) electrons. The zero-order chi connectivity index (χ0) is 15.0. The molecule has 0 saturated carbocycles. The molecule has 104 valence electrons. The third kappa shape index (κ3) is 2.22. The van der Waals surface area contributed by atoms with Crippen molar-refractivity contribution in [3.63, 3.8) is 0 Å². The fraction of sp³-hybridized carbons (Fsp3) is 0.0833. The Kier molecular flexibility index (Phi) is 3.23. The van der Waals surface area contributed by atoms with Gasteiger partial charge in [-0.05, 0) is 18.2 Å². The molecule has 1 aromatic heterocycles. The van der Waals surface area contributed by atoms with Crippen LogP contribution < -0.4 is 0 Å². The van der Waals surface area contributed by atoms with E-state index in [0.29, 0.717) is 0 Å². The number of aromatic nitrogens is 2. The molecule has 0 bridgehead atoms. The molecule has 8 heteroatoms. The maximum absolute atomic E-state index is 13.4. The maximum Gasteiger partial charge on any atom is 0.356 e. The topological polar surface area (TPSA) is 92.4 Å². The first-order valence-corrected chi connectivity index (χ1v) is 5.31. The number of aromatic carboxylic acids is 2. The van der Waals surface area contributed by atoms with E-state index in [-0.39, 0.29) is 17.0 Å². The summed E-state index contributed by atoms with van der Waals surface area (Å²) in [5.41, 5.74) is -0.949. The SMILES string of the molecule is Cn1nc(C(=O)O)cc1-c1cc(F)c(F)c(C(=O)O)c1. The Hall–Kier alpha value is -2.77. The minimum absolute atomic E-state index is 0.0174. The normalized spacial score (nSPS) is 10.6. The molecule has 20 heavy (non-hydrogen) atoms. The number of hydrogen-bond acceptors (Lipinski definition) is 3. The van der Waals surface area contributed by atoms with Gasteiger partial charge in [-0.2, -0.15) is 5.10 Å². The third-order valence-corrected chi connectivity index (χ3v) is 2.65. The Morgan fingerprint density at radius 2 is 1.80 bits per heavy atom. The molecule has 0 aliphatic heterocycles. The molecule has 0 atom stereocenters. The summed E-state index contributed by atoms with van der Waals surface area (Å²) in [7, 11) is 1.41. The number of carboxylic acid groups (broad SMARTS) is 2. The molecule has 2 rings (SSSR count). The van der Waals surface area contributed by atoms with Crippen molar-refractivity contribution in [3.05, 3.63) is 41.1 Å². The average molecular weight is 282 g/mol. The quantitative estimate of drug-likeness (QED) is 0.894. The average Bonchev–Trinajstić information content (AvgIpc) is 2.74. The van der Waals surface area contributed by atoms with Gasteiger partial charge in [0.25, 0.3) is 0 Å². The van der Waals surface area contributed by atoms with Crippen LogP contribution in [0.15, 0.2) is 18.2 Å². The minimum atomic E-state index is -1.62. The summed E-state index contributed by atoms with van der Waals surface area (Å²) >= 11 is 0. The van der Waals surface area contributed by atoms with E-state index in [1.807, 2.05) is 0 Å². The standard InChI is InChI=1S/C12H8F2N2O4/c1-16-9(4-8(15-16)12(19)20)5-2-6(11(17)18)10(14)7(13)3-5/h2-4H,1H3,(H,17,18)(H,19,20). The van der Waals surface area contributed by atoms with Gasteiger partial charge in [-0.15, -0.1) is 0 Å². The lowest BCUT2D eigenvalue weighted by molar-refractivity contribution is 0.0679. The van der Waals surface area contributed by atoms with Crippen LogP contribution in [0, 0.1) is 11.6 Å². The summed E-state index contributed by atoms with van der Waals surface area (Å²) in [5, 5.41) is 21.3. The van der Waals surface area contributed by atoms with Crippen molar-refractivity contribution in [3.8, 4) is 11.3 Å². The van der Waals surface area contributed by atoms with E-state index < -0.39 is 29.1 Å². The van der Waals surface area contributed by atoms with Gasteiger partial charge in [0.05, 0.1) is 11.3 Å². The third-order valence-electron chi connectivity index (χ3n) is 2.65. The number of benzene rings is 1. The summed E-state index contributed by atoms with van der Waals surface area (Å²) in [6.07, 6.45) is 0. The Bertz CT molecular complexity index is 724. The van der Waals surface area contributed by atoms with Crippen LogP contribution >= 0.6 is 0 Å². The number of aryl methyl sites for hydroxylation is 1. The van der Waals surface area contributed by atoms with Gasteiger partial charge in [0, 0.05) is 12.6 Å². The molecular weight excluding hydrogens is 274 g/mol. The lowest BCUT2D eigenvalue weighted by Crippen LogP contribution is -2.04. The van der Waals surface area contributed by atoms with E-state index in [4.69, 9.17) is 10.2 Å². The van der Waals surface area contributed by atoms with Crippen LogP contribution in [0.3, 0.4) is 0 Å². The molecule has 1 aromatic carbocycles. The molecule has 0 spiro atoms. The van der Waals surface area contributed by atoms with Gasteiger partial charge in [0.2, 0.25) is 0 Å². The van der Waals surface area contributed by atoms with Crippen molar-refractivity contribution in [2.24, 2.45) is 7.05 Å². The molecule has 0 amide bonds. The fourth-order valence-electron chi connectivity index (χ4n) is 1.73. The van der Waals surface area contributed by atoms with Crippen LogP contribution in [-0.2, 0) is 7.05 Å². The minimum Gasteiger partial charge on any atom is -0.478 e. The van der Waals surface area contributed by atoms with Gasteiger partial charge in [0.15, 0.2) is 17.3 Å². The molecule has 0 aliphatic carbocycles. The Morgan fingerprint density at radius 3 is 2.30 bits per heavy atom. The van der Waals surface area contributed by atoms with Gasteiger partial charge in [-0.1, -0.05) is 0 Å². The van der Waals surface area contributed by atoms with E-state index in [1.54, 1.807) is 0 Å². The fourth-order valence-corrected chi connectivity index (χ4v) is 1.73. The summed E-state index contributed by atoms with van der Waals surface area (Å²) in [4.78, 5) is 21.6. The number of halogens is 2. The predicted octanol–water partition coefficient (Wildman–Crippen LogP) is 1.76. The monoisotopic (exact) mass is 282 g/mol. The molecule has 0 saturated heterocycles. The highest BCUT2D eigenvalue weighted by atomic mass is 19.2. The summed E-state index contributed by atoms with van der Waals surface area (Å²) < 4.78 is 27.8. The van der Waals surface area contributed by atoms with Gasteiger partial charge in [0.1, 0.15) is 0 Å². The Balaban J connectivity index is 2.64. The molecular formula is C12H8F2N2O4. The molecule has 2 aromatic rings. The maximum atomic E-state index is 13.4. The molecule has 0 unspecified atom stereocenters. The van der Waals surface area contributed by atoms with E-state index in [9.17, 15) is 18.4 Å². The number of nitrogens with zero attached hydrogens (tertiary/aromatic N) is 2. The van der Waals surface area contributed by atoms with Crippen molar-refractivity contribution in [1.82, 2.24) is 9.78 Å². The molecule has 2 N–H and O–H groups in total. The number of carbonyl (C=O) groups is 2. The largest absolute Gasteiger partial charge is 0.478 e. The van der Waals surface area contributed by atoms with E-state index >= 15 is 0 Å². The highest BCUT2D eigenvalue weighted by Crippen LogP contribution is 2.25. The highest BCUT2D eigenvalue weighted by Gasteiger charge is 2.19. The first kappa shape index (κ1) is 13.7. The van der Waals surface area contributed by atoms with Crippen molar-refractivity contribution >= 4 is 11.9 Å². The predicted molar refractivity (Wildman–Crippen MR) is 62.5 cm³/mol. The number of hydrogen-bond donors (Lipinski definition) is 2. The summed E-state index contributed by atoms with van der Waals surface area (Å²) in [5.74, 6) is -5.71. The van der Waals surface area contributed by atoms with Crippen LogP contribution in [0.25, 0.3) is 11.3 Å². The van der Waals surface area contributed by atoms with Gasteiger partial charge in [-0.25, -0.2) is 18.4 Å². The highest BCUT2D eigenvalue weighted by molar-refractivity contribution is 5.90. The first-order valence-electron chi connectivity index (χ1n) is 5.31. The van der Waals surface area contributed by atoms with Crippen LogP contribution in [0.4, 0.5) is 8.78 Å². The summed E-state index contributed by atoms with van der Waals surface area (Å²) in [6.45, 7) is 0. The first-order chi connectivity index (χ1) is 9.31. The van der Waals surface area contributed by atoms with E-state index in [1.165, 1.54) is 7.05 Å². The molecule has 0 fully saturated rings. The van der Waals surface area contributed by atoms with Crippen molar-refractivity contribution in [2.45, 2.75) is 0 Å². The summed E-state index contributed by atoms with van der Waals surface area (Å²) in [6, 6.07) is 2.84. The number of carboxylic acids is 2. The van der Waals surface area contributed by atoms with Crippen LogP contribution in [0.5, 0.6) is 0 Å². The van der Waals surface area contributed by atoms with Crippen molar-refractivity contribution in [1.29, 1.82) is 0 Å². The smallest absolute Gasteiger partial charge is 0.356 e. The molecule has 0 aliphatic rings. The zero-order valence-corrected chi connectivity index (χ0v) is 10.1. The van der Waals surface area contributed by atoms with Gasteiger partial charge in [-0.3, -0.25) is 4.68 Å². The Morgan fingerprint density at radius 1 is 1.15 bits per heavy atom. The van der Waals surface area contributed by atoms with Crippen LogP contribution in [0.2, 0.25) is 0 Å². The second kappa shape index (κ2) is 4.72. The second-order valence-electron chi connectivity index (χ2n) is 3.97. The van der Waals surface area contributed by atoms with Crippen LogP contribution in [-0.4, -0.2) is 31.9 Å². The van der Waals surface area contributed by atoms with E-state index in [0.717, 1.165) is 22.9 Å².